The van der Waals surface area contributed by atoms with Crippen LogP contribution in [-0.2, 0) is 21.2 Å². The Kier molecular flexibility index (Phi) is 6.08. The van der Waals surface area contributed by atoms with E-state index in [9.17, 15) is 40.7 Å². The van der Waals surface area contributed by atoms with Gasteiger partial charge in [0.25, 0.3) is 10.0 Å². The number of aromatic carboxylic acids is 1. The largest absolute Gasteiger partial charge is 0.492 e. The molecule has 0 aromatic heterocycles. The molecule has 0 spiro atoms. The summed E-state index contributed by atoms with van der Waals surface area (Å²) in [7, 11) is -4.44. The number of likely N-dealkylation sites (tertiary alicyclic amines) is 1. The van der Waals surface area contributed by atoms with Crippen molar-refractivity contribution in [3.05, 3.63) is 52.8 Å². The lowest BCUT2D eigenvalue weighted by Crippen LogP contribution is -2.39. The summed E-state index contributed by atoms with van der Waals surface area (Å²) < 4.78 is 87.0. The molecular formula is C24H22F4N2O6S. The number of rotatable bonds is 6. The number of ether oxygens (including phenoxy) is 1. The van der Waals surface area contributed by atoms with E-state index in [1.54, 1.807) is 6.07 Å². The molecule has 2 aromatic carbocycles. The Morgan fingerprint density at radius 1 is 1.19 bits per heavy atom. The first-order chi connectivity index (χ1) is 17.3. The van der Waals surface area contributed by atoms with Crippen LogP contribution in [0.3, 0.4) is 0 Å². The van der Waals surface area contributed by atoms with Gasteiger partial charge in [0.05, 0.1) is 17.2 Å². The van der Waals surface area contributed by atoms with E-state index in [0.717, 1.165) is 24.6 Å². The third-order valence-electron chi connectivity index (χ3n) is 7.05. The van der Waals surface area contributed by atoms with Crippen LogP contribution in [0, 0.1) is 17.7 Å². The minimum absolute atomic E-state index is 0.00529. The van der Waals surface area contributed by atoms with Crippen molar-refractivity contribution in [1.29, 1.82) is 0 Å². The fourth-order valence-corrected chi connectivity index (χ4v) is 6.49. The van der Waals surface area contributed by atoms with E-state index in [4.69, 9.17) is 4.74 Å². The molecule has 0 unspecified atom stereocenters. The lowest BCUT2D eigenvalue weighted by Gasteiger charge is -2.22. The second-order valence-electron chi connectivity index (χ2n) is 9.59. The highest BCUT2D eigenvalue weighted by Gasteiger charge is 2.46. The zero-order valence-electron chi connectivity index (χ0n) is 19.2. The summed E-state index contributed by atoms with van der Waals surface area (Å²) in [5, 5.41) is 9.82. The van der Waals surface area contributed by atoms with Crippen molar-refractivity contribution >= 4 is 27.6 Å². The molecule has 0 radical (unpaired) electrons. The Hall–Kier alpha value is -3.35. The maximum atomic E-state index is 14.1. The van der Waals surface area contributed by atoms with Crippen molar-refractivity contribution in [3.63, 3.8) is 0 Å². The second kappa shape index (κ2) is 8.89. The summed E-state index contributed by atoms with van der Waals surface area (Å²) in [6.45, 7) is -0.0711. The van der Waals surface area contributed by atoms with E-state index in [1.807, 2.05) is 0 Å². The smallest absolute Gasteiger partial charge is 0.471 e. The van der Waals surface area contributed by atoms with Crippen molar-refractivity contribution in [2.24, 2.45) is 11.8 Å². The van der Waals surface area contributed by atoms with Gasteiger partial charge in [-0.1, -0.05) is 6.07 Å². The summed E-state index contributed by atoms with van der Waals surface area (Å²) in [6.07, 6.45) is -4.08. The van der Waals surface area contributed by atoms with E-state index in [0.29, 0.717) is 23.0 Å². The topological polar surface area (TPSA) is 113 Å². The van der Waals surface area contributed by atoms with E-state index < -0.39 is 39.8 Å². The molecule has 2 N–H and O–H groups in total. The third-order valence-corrected chi connectivity index (χ3v) is 8.51. The summed E-state index contributed by atoms with van der Waals surface area (Å²) in [6, 6.07) is 5.90. The second-order valence-corrected chi connectivity index (χ2v) is 11.2. The van der Waals surface area contributed by atoms with Gasteiger partial charge in [0, 0.05) is 19.0 Å². The Morgan fingerprint density at radius 3 is 2.65 bits per heavy atom. The van der Waals surface area contributed by atoms with Crippen molar-refractivity contribution in [2.75, 3.05) is 24.4 Å². The van der Waals surface area contributed by atoms with Crippen LogP contribution in [-0.4, -0.2) is 56.2 Å². The number of alkyl halides is 3. The minimum atomic E-state index is -5.02. The number of nitrogens with zero attached hydrogens (tertiary/aromatic N) is 1. The molecule has 2 aromatic rings. The van der Waals surface area contributed by atoms with Gasteiger partial charge in [-0.3, -0.25) is 9.52 Å². The van der Waals surface area contributed by atoms with Crippen LogP contribution >= 0.6 is 0 Å². The first-order valence-electron chi connectivity index (χ1n) is 11.6. The predicted octanol–water partition coefficient (Wildman–Crippen LogP) is 3.77. The van der Waals surface area contributed by atoms with Crippen molar-refractivity contribution in [3.8, 4) is 5.75 Å². The molecular weight excluding hydrogens is 520 g/mol. The Labute approximate surface area is 209 Å². The molecule has 2 fully saturated rings. The molecule has 3 aliphatic rings. The molecule has 2 aliphatic heterocycles. The van der Waals surface area contributed by atoms with Gasteiger partial charge >= 0.3 is 18.1 Å². The number of sulfonamides is 1. The number of amides is 1. The number of anilines is 1. The quantitative estimate of drug-likeness (QED) is 0.538. The van der Waals surface area contributed by atoms with Crippen LogP contribution < -0.4 is 9.46 Å². The molecule has 1 saturated heterocycles. The van der Waals surface area contributed by atoms with Gasteiger partial charge in [-0.2, -0.15) is 13.2 Å². The van der Waals surface area contributed by atoms with Crippen LogP contribution in [0.1, 0.15) is 40.2 Å². The molecule has 37 heavy (non-hydrogen) atoms. The number of carboxylic acid groups (broad SMARTS) is 1. The van der Waals surface area contributed by atoms with Crippen LogP contribution in [0.25, 0.3) is 0 Å². The number of hydrogen-bond donors (Lipinski definition) is 2. The average molecular weight is 543 g/mol. The van der Waals surface area contributed by atoms with Gasteiger partial charge in [0.15, 0.2) is 0 Å². The molecule has 13 heteroatoms. The summed E-state index contributed by atoms with van der Waals surface area (Å²) in [5.74, 6) is -4.03. The molecule has 0 bridgehead atoms. The summed E-state index contributed by atoms with van der Waals surface area (Å²) in [5.41, 5.74) is 0.166. The van der Waals surface area contributed by atoms with E-state index in [2.05, 4.69) is 4.72 Å². The summed E-state index contributed by atoms with van der Waals surface area (Å²) in [4.78, 5) is 23.9. The number of nitrogens with one attached hydrogen (secondary N) is 1. The normalized spacial score (nSPS) is 22.6. The van der Waals surface area contributed by atoms with E-state index in [-0.39, 0.29) is 59.3 Å². The Bertz CT molecular complexity index is 1390. The highest BCUT2D eigenvalue weighted by atomic mass is 32.2. The predicted molar refractivity (Wildman–Crippen MR) is 121 cm³/mol. The van der Waals surface area contributed by atoms with Gasteiger partial charge in [0.2, 0.25) is 0 Å². The number of hydrogen-bond acceptors (Lipinski definition) is 5. The highest BCUT2D eigenvalue weighted by Crippen LogP contribution is 2.55. The molecule has 5 rings (SSSR count). The highest BCUT2D eigenvalue weighted by molar-refractivity contribution is 7.92. The van der Waals surface area contributed by atoms with Gasteiger partial charge in [0.1, 0.15) is 17.1 Å². The van der Waals surface area contributed by atoms with Crippen molar-refractivity contribution in [2.45, 2.75) is 36.3 Å². The number of fused-ring (bicyclic) bond motifs is 3. The van der Waals surface area contributed by atoms with E-state index in [1.165, 1.54) is 6.07 Å². The Morgan fingerprint density at radius 2 is 1.95 bits per heavy atom. The zero-order chi connectivity index (χ0) is 26.7. The van der Waals surface area contributed by atoms with Crippen LogP contribution in [0.15, 0.2) is 35.2 Å². The molecule has 198 valence electrons. The maximum Gasteiger partial charge on any atom is 0.471 e. The van der Waals surface area contributed by atoms with Crippen molar-refractivity contribution in [1.82, 2.24) is 4.90 Å². The average Bonchev–Trinajstić information content (AvgIpc) is 3.47. The summed E-state index contributed by atoms with van der Waals surface area (Å²) >= 11 is 0. The molecule has 3 atom stereocenters. The monoisotopic (exact) mass is 542 g/mol. The van der Waals surface area contributed by atoms with E-state index >= 15 is 0 Å². The molecule has 2 heterocycles. The molecule has 1 amide bonds. The Balaban J connectivity index is 1.42. The fraction of sp³-hybridized carbons (Fsp3) is 0.417. The van der Waals surface area contributed by atoms with Crippen molar-refractivity contribution < 1.29 is 45.4 Å². The van der Waals surface area contributed by atoms with Crippen LogP contribution in [0.4, 0.5) is 23.2 Å². The first kappa shape index (κ1) is 25.3. The standard InChI is InChI=1S/C24H22F4N2O6S/c25-15-1-4-19(13(8-15)7-12-5-6-30(10-12)23(33)24(26,27)28)37(34,35)29-18-3-2-16-17-9-14(17)11-36-21(16)20(18)22(31)32/h1-4,8,12,14,17,29H,5-7,9-11H2,(H,31,32)/t12-,14+,17+/m1/s1. The van der Waals surface area contributed by atoms with Crippen LogP contribution in [0.2, 0.25) is 0 Å². The lowest BCUT2D eigenvalue weighted by atomic mass is 9.98. The number of carboxylic acids is 1. The number of carbonyl (C=O) groups excluding carboxylic acids is 1. The van der Waals surface area contributed by atoms with Crippen LogP contribution in [0.5, 0.6) is 5.75 Å². The third kappa shape index (κ3) is 4.83. The lowest BCUT2D eigenvalue weighted by molar-refractivity contribution is -0.184. The number of halogens is 4. The zero-order valence-corrected chi connectivity index (χ0v) is 20.0. The van der Waals surface area contributed by atoms with Gasteiger partial charge in [-0.15, -0.1) is 0 Å². The fourth-order valence-electron chi connectivity index (χ4n) is 5.19. The maximum absolute atomic E-state index is 14.1. The molecule has 1 saturated carbocycles. The number of benzene rings is 2. The SMILES string of the molecule is O=C(O)c1c(NS(=O)(=O)c2ccc(F)cc2C[C@H]2CCN(C(=O)C(F)(F)F)C2)ccc2c1OC[C@@H]1C[C@H]21. The van der Waals surface area contributed by atoms with Gasteiger partial charge in [-0.25, -0.2) is 17.6 Å². The first-order valence-corrected chi connectivity index (χ1v) is 13.0. The van der Waals surface area contributed by atoms with Gasteiger partial charge in [-0.05, 0) is 66.5 Å². The van der Waals surface area contributed by atoms with Gasteiger partial charge < -0.3 is 14.7 Å². The molecule has 8 nitrogen and oxygen atoms in total. The number of carbonyl (C=O) groups is 2. The molecule has 1 aliphatic carbocycles. The minimum Gasteiger partial charge on any atom is -0.492 e.